The van der Waals surface area contributed by atoms with E-state index in [9.17, 15) is 9.18 Å². The summed E-state index contributed by atoms with van der Waals surface area (Å²) < 4.78 is 13.5. The number of hydrogen-bond acceptors (Lipinski definition) is 5. The van der Waals surface area contributed by atoms with Gasteiger partial charge in [-0.1, -0.05) is 18.2 Å². The second-order valence-corrected chi connectivity index (χ2v) is 7.52. The molecule has 0 aliphatic carbocycles. The van der Waals surface area contributed by atoms with Gasteiger partial charge in [0.15, 0.2) is 5.69 Å². The van der Waals surface area contributed by atoms with Gasteiger partial charge in [0.1, 0.15) is 5.82 Å². The SMILES string of the molecule is NCc1cncc(-c2ccc3[nH]nc(C(=O)Nc4ccc(-c5cccc(F)c5)nc4)c3c2)c1. The van der Waals surface area contributed by atoms with Crippen molar-refractivity contribution in [1.82, 2.24) is 20.2 Å². The number of anilines is 1. The maximum atomic E-state index is 13.5. The van der Waals surface area contributed by atoms with Gasteiger partial charge in [0.25, 0.3) is 5.91 Å². The molecular weight excluding hydrogens is 419 g/mol. The second kappa shape index (κ2) is 8.60. The van der Waals surface area contributed by atoms with E-state index in [1.54, 1.807) is 36.7 Å². The van der Waals surface area contributed by atoms with Crippen molar-refractivity contribution >= 4 is 22.5 Å². The molecule has 162 valence electrons. The van der Waals surface area contributed by atoms with Crippen LogP contribution in [0.15, 0.2) is 79.3 Å². The van der Waals surface area contributed by atoms with Gasteiger partial charge in [0.2, 0.25) is 0 Å². The number of fused-ring (bicyclic) bond motifs is 1. The van der Waals surface area contributed by atoms with Crippen molar-refractivity contribution in [3.05, 3.63) is 96.3 Å². The average Bonchev–Trinajstić information content (AvgIpc) is 3.28. The van der Waals surface area contributed by atoms with E-state index in [4.69, 9.17) is 5.73 Å². The third kappa shape index (κ3) is 4.19. The first-order valence-electron chi connectivity index (χ1n) is 10.3. The Morgan fingerprint density at radius 3 is 2.67 bits per heavy atom. The Bertz CT molecular complexity index is 1460. The predicted octanol–water partition coefficient (Wildman–Crippen LogP) is 4.54. The van der Waals surface area contributed by atoms with E-state index in [1.807, 2.05) is 24.3 Å². The number of halogens is 1. The summed E-state index contributed by atoms with van der Waals surface area (Å²) in [6.07, 6.45) is 5.01. The lowest BCUT2D eigenvalue weighted by atomic mass is 10.0. The third-order valence-corrected chi connectivity index (χ3v) is 5.28. The number of aromatic nitrogens is 4. The summed E-state index contributed by atoms with van der Waals surface area (Å²) in [4.78, 5) is 21.5. The van der Waals surface area contributed by atoms with Gasteiger partial charge in [-0.3, -0.25) is 19.9 Å². The van der Waals surface area contributed by atoms with Crippen LogP contribution in [-0.2, 0) is 6.54 Å². The van der Waals surface area contributed by atoms with Gasteiger partial charge in [-0.25, -0.2) is 4.39 Å². The molecule has 0 atom stereocenters. The highest BCUT2D eigenvalue weighted by molar-refractivity contribution is 6.11. The number of nitrogens with zero attached hydrogens (tertiary/aromatic N) is 3. The van der Waals surface area contributed by atoms with E-state index in [0.717, 1.165) is 22.2 Å². The fourth-order valence-electron chi connectivity index (χ4n) is 3.60. The van der Waals surface area contributed by atoms with Gasteiger partial charge in [-0.15, -0.1) is 0 Å². The monoisotopic (exact) mass is 438 g/mol. The first-order chi connectivity index (χ1) is 16.1. The minimum absolute atomic E-state index is 0.268. The number of carbonyl (C=O) groups is 1. The zero-order valence-corrected chi connectivity index (χ0v) is 17.4. The summed E-state index contributed by atoms with van der Waals surface area (Å²) in [5.74, 6) is -0.700. The largest absolute Gasteiger partial charge is 0.326 e. The molecule has 3 aromatic heterocycles. The van der Waals surface area contributed by atoms with Crippen LogP contribution in [0.25, 0.3) is 33.3 Å². The van der Waals surface area contributed by atoms with Crippen molar-refractivity contribution < 1.29 is 9.18 Å². The van der Waals surface area contributed by atoms with Crippen molar-refractivity contribution in [1.29, 1.82) is 0 Å². The maximum Gasteiger partial charge on any atom is 0.276 e. The quantitative estimate of drug-likeness (QED) is 0.373. The molecule has 8 heteroatoms. The number of aromatic amines is 1. The Labute approximate surface area is 188 Å². The van der Waals surface area contributed by atoms with Crippen molar-refractivity contribution in [2.75, 3.05) is 5.32 Å². The van der Waals surface area contributed by atoms with E-state index >= 15 is 0 Å². The fraction of sp³-hybridized carbons (Fsp3) is 0.0400. The Kier molecular flexibility index (Phi) is 5.34. The van der Waals surface area contributed by atoms with Crippen molar-refractivity contribution in [3.63, 3.8) is 0 Å². The molecule has 3 heterocycles. The number of hydrogen-bond donors (Lipinski definition) is 3. The smallest absolute Gasteiger partial charge is 0.276 e. The zero-order chi connectivity index (χ0) is 22.8. The summed E-state index contributed by atoms with van der Waals surface area (Å²) in [7, 11) is 0. The minimum atomic E-state index is -0.368. The molecule has 33 heavy (non-hydrogen) atoms. The lowest BCUT2D eigenvalue weighted by Crippen LogP contribution is -2.13. The maximum absolute atomic E-state index is 13.5. The molecule has 4 N–H and O–H groups in total. The number of amides is 1. The number of nitrogens with one attached hydrogen (secondary N) is 2. The van der Waals surface area contributed by atoms with Crippen LogP contribution in [-0.4, -0.2) is 26.1 Å². The van der Waals surface area contributed by atoms with E-state index < -0.39 is 0 Å². The van der Waals surface area contributed by atoms with Crippen molar-refractivity contribution in [3.8, 4) is 22.4 Å². The number of nitrogens with two attached hydrogens (primary N) is 1. The third-order valence-electron chi connectivity index (χ3n) is 5.28. The second-order valence-electron chi connectivity index (χ2n) is 7.52. The van der Waals surface area contributed by atoms with Gasteiger partial charge in [0.05, 0.1) is 23.1 Å². The molecule has 0 aliphatic rings. The Hall–Kier alpha value is -4.43. The molecule has 5 aromatic rings. The minimum Gasteiger partial charge on any atom is -0.326 e. The highest BCUT2D eigenvalue weighted by atomic mass is 19.1. The summed E-state index contributed by atoms with van der Waals surface area (Å²) in [5.41, 5.74) is 11.2. The van der Waals surface area contributed by atoms with Gasteiger partial charge in [-0.2, -0.15) is 5.10 Å². The highest BCUT2D eigenvalue weighted by Gasteiger charge is 2.16. The Morgan fingerprint density at radius 1 is 0.970 bits per heavy atom. The number of rotatable bonds is 5. The van der Waals surface area contributed by atoms with Crippen LogP contribution in [0.5, 0.6) is 0 Å². The van der Waals surface area contributed by atoms with E-state index in [0.29, 0.717) is 28.9 Å². The zero-order valence-electron chi connectivity index (χ0n) is 17.4. The van der Waals surface area contributed by atoms with Crippen LogP contribution >= 0.6 is 0 Å². The molecule has 5 rings (SSSR count). The molecule has 1 amide bonds. The van der Waals surface area contributed by atoms with Crippen LogP contribution in [0.3, 0.4) is 0 Å². The van der Waals surface area contributed by atoms with E-state index in [1.165, 1.54) is 18.3 Å². The van der Waals surface area contributed by atoms with Crippen LogP contribution in [0.2, 0.25) is 0 Å². The van der Waals surface area contributed by atoms with Crippen LogP contribution in [0.1, 0.15) is 16.1 Å². The molecule has 0 radical (unpaired) electrons. The number of H-pyrrole nitrogens is 1. The predicted molar refractivity (Wildman–Crippen MR) is 125 cm³/mol. The Morgan fingerprint density at radius 2 is 1.88 bits per heavy atom. The fourth-order valence-corrected chi connectivity index (χ4v) is 3.60. The number of pyridine rings is 2. The standard InChI is InChI=1S/C25H19FN6O/c26-19-3-1-2-17(9-19)22-7-5-20(14-29-22)30-25(33)24-21-10-16(4-6-23(21)31-32-24)18-8-15(11-27)12-28-13-18/h1-10,12-14H,11,27H2,(H,30,33)(H,31,32). The summed E-state index contributed by atoms with van der Waals surface area (Å²) >= 11 is 0. The molecule has 2 aromatic carbocycles. The summed E-state index contributed by atoms with van der Waals surface area (Å²) in [6.45, 7) is 0.397. The topological polar surface area (TPSA) is 110 Å². The molecule has 0 saturated heterocycles. The molecule has 7 nitrogen and oxygen atoms in total. The Balaban J connectivity index is 1.40. The van der Waals surface area contributed by atoms with Crippen LogP contribution < -0.4 is 11.1 Å². The molecule has 0 saturated carbocycles. The van der Waals surface area contributed by atoms with Crippen LogP contribution in [0, 0.1) is 5.82 Å². The van der Waals surface area contributed by atoms with Crippen molar-refractivity contribution in [2.24, 2.45) is 5.73 Å². The van der Waals surface area contributed by atoms with Gasteiger partial charge in [0, 0.05) is 35.5 Å². The normalized spacial score (nSPS) is 11.0. The average molecular weight is 438 g/mol. The number of benzene rings is 2. The van der Waals surface area contributed by atoms with Gasteiger partial charge in [-0.05, 0) is 53.6 Å². The first kappa shape index (κ1) is 20.5. The molecule has 0 bridgehead atoms. The lowest BCUT2D eigenvalue weighted by Gasteiger charge is -2.06. The summed E-state index contributed by atoms with van der Waals surface area (Å²) in [5, 5.41) is 10.6. The molecular formula is C25H19FN6O. The van der Waals surface area contributed by atoms with E-state index in [2.05, 4.69) is 25.5 Å². The van der Waals surface area contributed by atoms with Crippen molar-refractivity contribution in [2.45, 2.75) is 6.54 Å². The summed E-state index contributed by atoms with van der Waals surface area (Å²) in [6, 6.07) is 17.3. The molecule has 0 unspecified atom stereocenters. The van der Waals surface area contributed by atoms with Crippen LogP contribution in [0.4, 0.5) is 10.1 Å². The first-order valence-corrected chi connectivity index (χ1v) is 10.3. The highest BCUT2D eigenvalue weighted by Crippen LogP contribution is 2.26. The molecule has 0 spiro atoms. The van der Waals surface area contributed by atoms with Gasteiger partial charge < -0.3 is 11.1 Å². The molecule has 0 fully saturated rings. The lowest BCUT2D eigenvalue weighted by molar-refractivity contribution is 0.102. The number of carbonyl (C=O) groups excluding carboxylic acids is 1. The molecule has 0 aliphatic heterocycles. The van der Waals surface area contributed by atoms with Gasteiger partial charge >= 0.3 is 0 Å². The van der Waals surface area contributed by atoms with E-state index in [-0.39, 0.29) is 17.4 Å².